The summed E-state index contributed by atoms with van der Waals surface area (Å²) in [5.41, 5.74) is 1.42. The van der Waals surface area contributed by atoms with E-state index in [1.807, 2.05) is 24.3 Å². The average Bonchev–Trinajstić information content (AvgIpc) is 2.74. The molecule has 0 atom stereocenters. The molecule has 0 aromatic heterocycles. The van der Waals surface area contributed by atoms with E-state index in [-0.39, 0.29) is 16.4 Å². The van der Waals surface area contributed by atoms with Gasteiger partial charge in [-0.25, -0.2) is 0 Å². The van der Waals surface area contributed by atoms with Gasteiger partial charge in [-0.2, -0.15) is 8.42 Å². The quantitative estimate of drug-likeness (QED) is 0.304. The van der Waals surface area contributed by atoms with Crippen LogP contribution in [0.1, 0.15) is 5.56 Å². The Morgan fingerprint density at radius 3 is 2.23 bits per heavy atom. The molecule has 0 N–H and O–H groups in total. The van der Waals surface area contributed by atoms with Crippen molar-refractivity contribution in [2.75, 3.05) is 14.2 Å². The highest BCUT2D eigenvalue weighted by molar-refractivity contribution is 9.10. The monoisotopic (exact) mass is 509 g/mol. The number of benzene rings is 3. The summed E-state index contributed by atoms with van der Waals surface area (Å²) in [4.78, 5) is 4.38. The first kappa shape index (κ1) is 22.1. The van der Waals surface area contributed by atoms with Crippen LogP contribution in [0.3, 0.4) is 0 Å². The number of hydrogen-bond acceptors (Lipinski definition) is 6. The largest absolute Gasteiger partial charge is 0.497 e. The average molecular weight is 511 g/mol. The molecule has 0 spiro atoms. The van der Waals surface area contributed by atoms with E-state index >= 15 is 0 Å². The molecule has 30 heavy (non-hydrogen) atoms. The van der Waals surface area contributed by atoms with Crippen LogP contribution in [-0.2, 0) is 10.1 Å². The van der Waals surface area contributed by atoms with Gasteiger partial charge in [0.05, 0.1) is 24.4 Å². The number of ether oxygens (including phenoxy) is 2. The standard InChI is InChI=1S/C21H17BrClNO5S/c1-27-17-7-5-16(6-8-17)24-13-14-11-19(22)21(20(12-14)28-2)29-30(25,26)18-9-3-15(23)4-10-18/h3-13H,1-2H3. The van der Waals surface area contributed by atoms with Gasteiger partial charge in [0, 0.05) is 11.2 Å². The SMILES string of the molecule is COc1ccc(N=Cc2cc(Br)c(OS(=O)(=O)c3ccc(Cl)cc3)c(OC)c2)cc1. The van der Waals surface area contributed by atoms with Crippen molar-refractivity contribution in [3.8, 4) is 17.2 Å². The third-order valence-corrected chi connectivity index (χ3v) is 6.06. The van der Waals surface area contributed by atoms with Gasteiger partial charge in [0.15, 0.2) is 11.5 Å². The summed E-state index contributed by atoms with van der Waals surface area (Å²) in [6.07, 6.45) is 1.63. The van der Waals surface area contributed by atoms with Gasteiger partial charge in [0.2, 0.25) is 0 Å². The fourth-order valence-electron chi connectivity index (χ4n) is 2.47. The summed E-state index contributed by atoms with van der Waals surface area (Å²) in [6.45, 7) is 0. The number of halogens is 2. The van der Waals surface area contributed by atoms with Gasteiger partial charge in [-0.15, -0.1) is 0 Å². The topological polar surface area (TPSA) is 74.2 Å². The van der Waals surface area contributed by atoms with Gasteiger partial charge in [-0.05, 0) is 82.2 Å². The fourth-order valence-corrected chi connectivity index (χ4v) is 4.20. The highest BCUT2D eigenvalue weighted by Crippen LogP contribution is 2.38. The minimum Gasteiger partial charge on any atom is -0.497 e. The van der Waals surface area contributed by atoms with E-state index in [0.29, 0.717) is 15.1 Å². The fraction of sp³-hybridized carbons (Fsp3) is 0.0952. The molecule has 0 bridgehead atoms. The smallest absolute Gasteiger partial charge is 0.339 e. The Bertz CT molecular complexity index is 1160. The van der Waals surface area contributed by atoms with E-state index in [1.54, 1.807) is 25.5 Å². The molecule has 156 valence electrons. The van der Waals surface area contributed by atoms with Crippen molar-refractivity contribution in [1.29, 1.82) is 0 Å². The lowest BCUT2D eigenvalue weighted by Gasteiger charge is -2.13. The Kier molecular flexibility index (Phi) is 7.02. The number of rotatable bonds is 7. The minimum atomic E-state index is -4.07. The number of hydrogen-bond donors (Lipinski definition) is 0. The van der Waals surface area contributed by atoms with Crippen molar-refractivity contribution in [3.63, 3.8) is 0 Å². The van der Waals surface area contributed by atoms with E-state index < -0.39 is 10.1 Å². The van der Waals surface area contributed by atoms with Gasteiger partial charge in [-0.3, -0.25) is 4.99 Å². The van der Waals surface area contributed by atoms with Crippen molar-refractivity contribution in [2.24, 2.45) is 4.99 Å². The molecule has 3 aromatic carbocycles. The zero-order valence-electron chi connectivity index (χ0n) is 16.0. The third kappa shape index (κ3) is 5.33. The lowest BCUT2D eigenvalue weighted by atomic mass is 10.2. The van der Waals surface area contributed by atoms with Crippen LogP contribution in [-0.4, -0.2) is 28.9 Å². The third-order valence-electron chi connectivity index (χ3n) is 3.98. The molecule has 0 saturated heterocycles. The van der Waals surface area contributed by atoms with Gasteiger partial charge in [0.1, 0.15) is 10.6 Å². The zero-order valence-corrected chi connectivity index (χ0v) is 19.2. The Morgan fingerprint density at radius 1 is 0.967 bits per heavy atom. The molecule has 0 aliphatic rings. The molecule has 3 aromatic rings. The van der Waals surface area contributed by atoms with Gasteiger partial charge < -0.3 is 13.7 Å². The zero-order chi connectivity index (χ0) is 21.7. The van der Waals surface area contributed by atoms with Gasteiger partial charge in [-0.1, -0.05) is 11.6 Å². The van der Waals surface area contributed by atoms with Crippen molar-refractivity contribution < 1.29 is 22.1 Å². The molecule has 0 radical (unpaired) electrons. The van der Waals surface area contributed by atoms with Crippen molar-refractivity contribution in [1.82, 2.24) is 0 Å². The van der Waals surface area contributed by atoms with Crippen LogP contribution in [0.25, 0.3) is 0 Å². The molecule has 0 aliphatic heterocycles. The second-order valence-electron chi connectivity index (χ2n) is 5.98. The lowest BCUT2D eigenvalue weighted by Crippen LogP contribution is -2.11. The summed E-state index contributed by atoms with van der Waals surface area (Å²) in [7, 11) is -1.05. The van der Waals surface area contributed by atoms with Crippen molar-refractivity contribution in [2.45, 2.75) is 4.90 Å². The maximum Gasteiger partial charge on any atom is 0.339 e. The van der Waals surface area contributed by atoms with Crippen molar-refractivity contribution in [3.05, 3.63) is 75.7 Å². The minimum absolute atomic E-state index is 0.0222. The molecule has 9 heteroatoms. The van der Waals surface area contributed by atoms with Crippen LogP contribution < -0.4 is 13.7 Å². The maximum absolute atomic E-state index is 12.6. The normalized spacial score (nSPS) is 11.5. The molecule has 0 unspecified atom stereocenters. The van der Waals surface area contributed by atoms with E-state index in [2.05, 4.69) is 20.9 Å². The Balaban J connectivity index is 1.88. The van der Waals surface area contributed by atoms with Crippen LogP contribution >= 0.6 is 27.5 Å². The molecule has 0 saturated carbocycles. The first-order valence-electron chi connectivity index (χ1n) is 8.58. The molecule has 0 amide bonds. The van der Waals surface area contributed by atoms with Crippen LogP contribution in [0.5, 0.6) is 17.2 Å². The van der Waals surface area contributed by atoms with E-state index in [1.165, 1.54) is 31.4 Å². The maximum atomic E-state index is 12.6. The number of aliphatic imine (C=N–C) groups is 1. The predicted octanol–water partition coefficient (Wildman–Crippen LogP) is 5.64. The van der Waals surface area contributed by atoms with Crippen LogP contribution in [0.4, 0.5) is 5.69 Å². The molecule has 0 fully saturated rings. The second-order valence-corrected chi connectivity index (χ2v) is 8.82. The molecular formula is C21H17BrClNO5S. The second kappa shape index (κ2) is 9.51. The Morgan fingerprint density at radius 2 is 1.63 bits per heavy atom. The predicted molar refractivity (Wildman–Crippen MR) is 120 cm³/mol. The highest BCUT2D eigenvalue weighted by Gasteiger charge is 2.22. The lowest BCUT2D eigenvalue weighted by molar-refractivity contribution is 0.389. The Hall–Kier alpha value is -2.55. The summed E-state index contributed by atoms with van der Waals surface area (Å²) < 4.78 is 41.4. The van der Waals surface area contributed by atoms with Crippen LogP contribution in [0.15, 0.2) is 75.0 Å². The Labute approximate surface area is 188 Å². The molecule has 0 aliphatic carbocycles. The summed E-state index contributed by atoms with van der Waals surface area (Å²) in [6, 6.07) is 16.2. The number of methoxy groups -OCH3 is 2. The molecule has 3 rings (SSSR count). The highest BCUT2D eigenvalue weighted by atomic mass is 79.9. The molecule has 0 heterocycles. The first-order valence-corrected chi connectivity index (χ1v) is 11.2. The van der Waals surface area contributed by atoms with Crippen LogP contribution in [0, 0.1) is 0 Å². The van der Waals surface area contributed by atoms with Crippen molar-refractivity contribution >= 4 is 49.6 Å². The molecule has 6 nitrogen and oxygen atoms in total. The van der Waals surface area contributed by atoms with Gasteiger partial charge >= 0.3 is 10.1 Å². The van der Waals surface area contributed by atoms with Gasteiger partial charge in [0.25, 0.3) is 0 Å². The van der Waals surface area contributed by atoms with Crippen LogP contribution in [0.2, 0.25) is 5.02 Å². The summed E-state index contributed by atoms with van der Waals surface area (Å²) >= 11 is 9.17. The summed E-state index contributed by atoms with van der Waals surface area (Å²) in [5.74, 6) is 1.01. The van der Waals surface area contributed by atoms with E-state index in [4.69, 9.17) is 25.3 Å². The number of nitrogens with zero attached hydrogens (tertiary/aromatic N) is 1. The molecular weight excluding hydrogens is 494 g/mol. The first-order chi connectivity index (χ1) is 14.3. The van der Waals surface area contributed by atoms with E-state index in [9.17, 15) is 8.42 Å². The summed E-state index contributed by atoms with van der Waals surface area (Å²) in [5, 5.41) is 0.424. The van der Waals surface area contributed by atoms with E-state index in [0.717, 1.165) is 11.4 Å².